The van der Waals surface area contributed by atoms with Gasteiger partial charge in [0.15, 0.2) is 0 Å². The molecule has 1 fully saturated rings. The molecule has 1 N–H and O–H groups in total. The molecule has 0 aromatic heterocycles. The number of hydrogen-bond donors (Lipinski definition) is 1. The van der Waals surface area contributed by atoms with Crippen molar-refractivity contribution in [2.75, 3.05) is 32.7 Å². The summed E-state index contributed by atoms with van der Waals surface area (Å²) < 4.78 is 33.2. The van der Waals surface area contributed by atoms with Gasteiger partial charge in [0.1, 0.15) is 11.9 Å². The summed E-state index contributed by atoms with van der Waals surface area (Å²) in [5.41, 5.74) is 2.17. The molecule has 2 aromatic carbocycles. The highest BCUT2D eigenvalue weighted by Gasteiger charge is 2.29. The Hall–Kier alpha value is -2.58. The topological polar surface area (TPSA) is 79.0 Å². The number of nitrogens with zero attached hydrogens (tertiary/aromatic N) is 2. The van der Waals surface area contributed by atoms with Crippen molar-refractivity contribution in [2.45, 2.75) is 30.8 Å². The van der Waals surface area contributed by atoms with Gasteiger partial charge < -0.3 is 15.0 Å². The lowest BCUT2D eigenvalue weighted by atomic mass is 10.1. The van der Waals surface area contributed by atoms with Gasteiger partial charge in [-0.1, -0.05) is 35.9 Å². The lowest BCUT2D eigenvalue weighted by molar-refractivity contribution is 0.186. The van der Waals surface area contributed by atoms with Gasteiger partial charge in [0.2, 0.25) is 10.0 Å². The van der Waals surface area contributed by atoms with E-state index in [-0.39, 0.29) is 18.7 Å². The predicted molar refractivity (Wildman–Crippen MR) is 114 cm³/mol. The number of nitrogens with one attached hydrogen (secondary N) is 1. The number of hydrogen-bond acceptors (Lipinski definition) is 4. The number of benzene rings is 2. The zero-order chi connectivity index (χ0) is 21.1. The second kappa shape index (κ2) is 8.65. The summed E-state index contributed by atoms with van der Waals surface area (Å²) in [4.78, 5) is 14.6. The summed E-state index contributed by atoms with van der Waals surface area (Å²) in [5.74, 6) is 0.878. The van der Waals surface area contributed by atoms with Crippen molar-refractivity contribution < 1.29 is 17.9 Å². The molecular formula is C22H27N3O4S. The number of urea groups is 1. The fourth-order valence-electron chi connectivity index (χ4n) is 3.88. The minimum absolute atomic E-state index is 0.0725. The Labute approximate surface area is 177 Å². The fraction of sp³-hybridized carbons (Fsp3) is 0.409. The molecule has 30 heavy (non-hydrogen) atoms. The Morgan fingerprint density at radius 3 is 2.60 bits per heavy atom. The second-order valence-electron chi connectivity index (χ2n) is 7.80. The van der Waals surface area contributed by atoms with Gasteiger partial charge in [0, 0.05) is 32.6 Å². The van der Waals surface area contributed by atoms with Crippen LogP contribution in [-0.4, -0.2) is 62.5 Å². The molecular weight excluding hydrogens is 402 g/mol. The molecule has 1 saturated heterocycles. The number of ether oxygens (including phenoxy) is 1. The van der Waals surface area contributed by atoms with E-state index < -0.39 is 10.0 Å². The van der Waals surface area contributed by atoms with E-state index in [9.17, 15) is 13.2 Å². The average molecular weight is 430 g/mol. The third-order valence-corrected chi connectivity index (χ3v) is 7.51. The van der Waals surface area contributed by atoms with Gasteiger partial charge in [0.05, 0.1) is 11.4 Å². The number of para-hydroxylation sites is 1. The van der Waals surface area contributed by atoms with Gasteiger partial charge in [-0.2, -0.15) is 4.31 Å². The van der Waals surface area contributed by atoms with Crippen LogP contribution in [0, 0.1) is 6.92 Å². The van der Waals surface area contributed by atoms with E-state index in [1.165, 1.54) is 4.31 Å². The van der Waals surface area contributed by atoms with Crippen molar-refractivity contribution in [3.8, 4) is 5.75 Å². The molecule has 1 atom stereocenters. The third kappa shape index (κ3) is 4.44. The molecule has 160 valence electrons. The van der Waals surface area contributed by atoms with Gasteiger partial charge >= 0.3 is 6.03 Å². The van der Waals surface area contributed by atoms with Gasteiger partial charge in [-0.15, -0.1) is 0 Å². The van der Waals surface area contributed by atoms with E-state index >= 15 is 0 Å². The van der Waals surface area contributed by atoms with E-state index in [0.717, 1.165) is 23.3 Å². The Morgan fingerprint density at radius 1 is 1.07 bits per heavy atom. The van der Waals surface area contributed by atoms with Crippen molar-refractivity contribution in [2.24, 2.45) is 0 Å². The SMILES string of the molecule is Cc1ccc(S(=O)(=O)N2CCCN(C(=O)NC[C@H]3Cc4ccccc4O3)CC2)cc1. The normalized spacial score (nSPS) is 19.6. The smallest absolute Gasteiger partial charge is 0.317 e. The summed E-state index contributed by atoms with van der Waals surface area (Å²) in [6, 6.07) is 14.6. The van der Waals surface area contributed by atoms with E-state index in [1.807, 2.05) is 31.2 Å². The summed E-state index contributed by atoms with van der Waals surface area (Å²) in [6.45, 7) is 3.93. The number of fused-ring (bicyclic) bond motifs is 1. The van der Waals surface area contributed by atoms with Crippen molar-refractivity contribution >= 4 is 16.1 Å². The first-order chi connectivity index (χ1) is 14.4. The first-order valence-electron chi connectivity index (χ1n) is 10.3. The molecule has 0 bridgehead atoms. The van der Waals surface area contributed by atoms with Crippen LogP contribution in [0.4, 0.5) is 4.79 Å². The van der Waals surface area contributed by atoms with Crippen LogP contribution in [-0.2, 0) is 16.4 Å². The number of sulfonamides is 1. The second-order valence-corrected chi connectivity index (χ2v) is 9.73. The molecule has 2 amide bonds. The molecule has 8 heteroatoms. The minimum atomic E-state index is -3.55. The van der Waals surface area contributed by atoms with Gasteiger partial charge in [-0.05, 0) is 37.1 Å². The lowest BCUT2D eigenvalue weighted by Crippen LogP contribution is -2.45. The zero-order valence-corrected chi connectivity index (χ0v) is 17.9. The van der Waals surface area contributed by atoms with E-state index in [2.05, 4.69) is 5.32 Å². The molecule has 4 rings (SSSR count). The van der Waals surface area contributed by atoms with Gasteiger partial charge in [-0.25, -0.2) is 13.2 Å². The quantitative estimate of drug-likeness (QED) is 0.810. The first-order valence-corrected chi connectivity index (χ1v) is 11.7. The maximum atomic E-state index is 12.9. The van der Waals surface area contributed by atoms with Crippen LogP contribution in [0.15, 0.2) is 53.4 Å². The maximum Gasteiger partial charge on any atom is 0.317 e. The molecule has 2 aromatic rings. The molecule has 0 radical (unpaired) electrons. The molecule has 0 spiro atoms. The van der Waals surface area contributed by atoms with E-state index in [0.29, 0.717) is 37.5 Å². The molecule has 0 saturated carbocycles. The molecule has 2 heterocycles. The molecule has 2 aliphatic heterocycles. The maximum absolute atomic E-state index is 12.9. The summed E-state index contributed by atoms with van der Waals surface area (Å²) >= 11 is 0. The largest absolute Gasteiger partial charge is 0.488 e. The monoisotopic (exact) mass is 429 g/mol. The number of carbonyl (C=O) groups excluding carboxylic acids is 1. The highest BCUT2D eigenvalue weighted by molar-refractivity contribution is 7.89. The molecule has 2 aliphatic rings. The van der Waals surface area contributed by atoms with Crippen molar-refractivity contribution in [1.29, 1.82) is 0 Å². The Kier molecular flexibility index (Phi) is 5.97. The number of carbonyl (C=O) groups is 1. The van der Waals surface area contributed by atoms with Crippen LogP contribution in [0.5, 0.6) is 5.75 Å². The van der Waals surface area contributed by atoms with Crippen LogP contribution in [0.2, 0.25) is 0 Å². The van der Waals surface area contributed by atoms with Crippen LogP contribution in [0.1, 0.15) is 17.5 Å². The fourth-order valence-corrected chi connectivity index (χ4v) is 5.35. The summed E-state index contributed by atoms with van der Waals surface area (Å²) in [6.07, 6.45) is 1.31. The number of amides is 2. The highest BCUT2D eigenvalue weighted by Crippen LogP contribution is 2.27. The van der Waals surface area contributed by atoms with Crippen LogP contribution < -0.4 is 10.1 Å². The van der Waals surface area contributed by atoms with Crippen molar-refractivity contribution in [3.63, 3.8) is 0 Å². The highest BCUT2D eigenvalue weighted by atomic mass is 32.2. The minimum Gasteiger partial charge on any atom is -0.488 e. The Balaban J connectivity index is 1.31. The van der Waals surface area contributed by atoms with Crippen molar-refractivity contribution in [1.82, 2.24) is 14.5 Å². The summed E-state index contributed by atoms with van der Waals surface area (Å²) in [7, 11) is -3.55. The predicted octanol–water partition coefficient (Wildman–Crippen LogP) is 2.40. The molecule has 7 nitrogen and oxygen atoms in total. The lowest BCUT2D eigenvalue weighted by Gasteiger charge is -2.23. The first kappa shape index (κ1) is 20.7. The van der Waals surface area contributed by atoms with Crippen molar-refractivity contribution in [3.05, 3.63) is 59.7 Å². The van der Waals surface area contributed by atoms with Crippen LogP contribution in [0.3, 0.4) is 0 Å². The zero-order valence-electron chi connectivity index (χ0n) is 17.1. The Morgan fingerprint density at radius 2 is 1.83 bits per heavy atom. The number of aryl methyl sites for hydroxylation is 1. The third-order valence-electron chi connectivity index (χ3n) is 5.60. The standard InChI is InChI=1S/C22H27N3O4S/c1-17-7-9-20(10-8-17)30(27,28)25-12-4-11-24(13-14-25)22(26)23-16-19-15-18-5-2-3-6-21(18)29-19/h2-3,5-10,19H,4,11-16H2,1H3,(H,23,26)/t19-/m1/s1. The average Bonchev–Trinajstić information content (AvgIpc) is 2.98. The molecule has 0 unspecified atom stereocenters. The summed E-state index contributed by atoms with van der Waals surface area (Å²) in [5, 5.41) is 2.94. The Bertz CT molecular complexity index is 982. The van der Waals surface area contributed by atoms with Crippen LogP contribution >= 0.6 is 0 Å². The van der Waals surface area contributed by atoms with Gasteiger partial charge in [-0.3, -0.25) is 0 Å². The molecule has 0 aliphatic carbocycles. The van der Waals surface area contributed by atoms with E-state index in [4.69, 9.17) is 4.74 Å². The van der Waals surface area contributed by atoms with E-state index in [1.54, 1.807) is 29.2 Å². The van der Waals surface area contributed by atoms with Gasteiger partial charge in [0.25, 0.3) is 0 Å². The number of rotatable bonds is 4. The van der Waals surface area contributed by atoms with Crippen LogP contribution in [0.25, 0.3) is 0 Å².